The van der Waals surface area contributed by atoms with Crippen LogP contribution in [0.3, 0.4) is 0 Å². The van der Waals surface area contributed by atoms with E-state index in [1.165, 1.54) is 16.7 Å². The van der Waals surface area contributed by atoms with Crippen LogP contribution in [-0.2, 0) is 0 Å². The van der Waals surface area contributed by atoms with E-state index in [1.54, 1.807) is 12.3 Å². The summed E-state index contributed by atoms with van der Waals surface area (Å²) in [6.07, 6.45) is 3.74. The molecule has 0 saturated carbocycles. The number of hydrogen-bond acceptors (Lipinski definition) is 2. The van der Waals surface area contributed by atoms with E-state index >= 15 is 0 Å². The summed E-state index contributed by atoms with van der Waals surface area (Å²) < 4.78 is 0.885. The first kappa shape index (κ1) is 15.2. The summed E-state index contributed by atoms with van der Waals surface area (Å²) in [6.45, 7) is 5.01. The van der Waals surface area contributed by atoms with Gasteiger partial charge in [0.2, 0.25) is 0 Å². The number of pyridine rings is 1. The minimum Gasteiger partial charge on any atom is -0.330 e. The zero-order valence-corrected chi connectivity index (χ0v) is 14.4. The van der Waals surface area contributed by atoms with Crippen LogP contribution in [0.15, 0.2) is 41.0 Å². The molecule has 1 unspecified atom stereocenters. The van der Waals surface area contributed by atoms with Crippen molar-refractivity contribution in [1.29, 1.82) is 0 Å². The van der Waals surface area contributed by atoms with Crippen molar-refractivity contribution in [2.24, 2.45) is 0 Å². The van der Waals surface area contributed by atoms with Gasteiger partial charge in [0.15, 0.2) is 0 Å². The number of halogens is 1. The molecule has 1 amide bonds. The maximum absolute atomic E-state index is 12.8. The van der Waals surface area contributed by atoms with Gasteiger partial charge in [-0.25, -0.2) is 4.98 Å². The average molecular weight is 359 g/mol. The predicted octanol–water partition coefficient (Wildman–Crippen LogP) is 4.44. The molecule has 0 aliphatic carbocycles. The topological polar surface area (TPSA) is 33.2 Å². The first-order valence-corrected chi connectivity index (χ1v) is 8.34. The summed E-state index contributed by atoms with van der Waals surface area (Å²) in [5, 5.41) is 0. The number of aryl methyl sites for hydroxylation is 2. The van der Waals surface area contributed by atoms with Crippen molar-refractivity contribution in [2.45, 2.75) is 32.7 Å². The van der Waals surface area contributed by atoms with E-state index in [-0.39, 0.29) is 11.9 Å². The molecule has 1 aromatic carbocycles. The quantitative estimate of drug-likeness (QED) is 0.794. The van der Waals surface area contributed by atoms with E-state index in [9.17, 15) is 4.79 Å². The summed E-state index contributed by atoms with van der Waals surface area (Å²) in [7, 11) is 0. The first-order valence-electron chi connectivity index (χ1n) is 7.55. The van der Waals surface area contributed by atoms with Crippen molar-refractivity contribution in [3.8, 4) is 0 Å². The van der Waals surface area contributed by atoms with E-state index in [4.69, 9.17) is 0 Å². The molecule has 0 radical (unpaired) electrons. The third-order valence-corrected chi connectivity index (χ3v) is 4.56. The largest absolute Gasteiger partial charge is 0.330 e. The first-order chi connectivity index (χ1) is 10.5. The molecule has 0 spiro atoms. The van der Waals surface area contributed by atoms with Crippen LogP contribution < -0.4 is 0 Å². The Bertz CT molecular complexity index is 676. The Morgan fingerprint density at radius 2 is 1.95 bits per heavy atom. The van der Waals surface area contributed by atoms with Gasteiger partial charge < -0.3 is 4.90 Å². The van der Waals surface area contributed by atoms with Crippen molar-refractivity contribution in [2.75, 3.05) is 6.54 Å². The number of amides is 1. The Morgan fingerprint density at radius 3 is 2.59 bits per heavy atom. The highest BCUT2D eigenvalue weighted by molar-refractivity contribution is 9.10. The summed E-state index contributed by atoms with van der Waals surface area (Å²) in [4.78, 5) is 19.0. The molecule has 114 valence electrons. The zero-order chi connectivity index (χ0) is 15.7. The molecule has 2 heterocycles. The lowest BCUT2D eigenvalue weighted by Crippen LogP contribution is -2.31. The van der Waals surface area contributed by atoms with Crippen molar-refractivity contribution in [3.05, 3.63) is 63.4 Å². The van der Waals surface area contributed by atoms with E-state index in [0.717, 1.165) is 23.9 Å². The second kappa shape index (κ2) is 6.21. The molecule has 3 nitrogen and oxygen atoms in total. The van der Waals surface area contributed by atoms with Gasteiger partial charge in [-0.1, -0.05) is 29.3 Å². The van der Waals surface area contributed by atoms with Crippen LogP contribution in [0.25, 0.3) is 0 Å². The third-order valence-electron chi connectivity index (χ3n) is 4.09. The molecule has 1 saturated heterocycles. The standard InChI is InChI=1S/C18H19BrN2O/c1-12-8-13(2)10-14(9-12)17-4-3-7-21(17)18(22)16-6-5-15(19)11-20-16/h5-6,8-11,17H,3-4,7H2,1-2H3. The zero-order valence-electron chi connectivity index (χ0n) is 12.8. The van der Waals surface area contributed by atoms with Gasteiger partial charge in [-0.05, 0) is 60.3 Å². The van der Waals surface area contributed by atoms with Gasteiger partial charge in [0.1, 0.15) is 5.69 Å². The highest BCUT2D eigenvalue weighted by Gasteiger charge is 2.31. The second-order valence-corrected chi connectivity index (χ2v) is 6.85. The number of rotatable bonds is 2. The summed E-state index contributed by atoms with van der Waals surface area (Å²) in [6, 6.07) is 10.4. The van der Waals surface area contributed by atoms with Gasteiger partial charge in [-0.15, -0.1) is 0 Å². The fourth-order valence-electron chi connectivity index (χ4n) is 3.21. The van der Waals surface area contributed by atoms with E-state index in [1.807, 2.05) is 11.0 Å². The number of benzene rings is 1. The Hall–Kier alpha value is -1.68. The van der Waals surface area contributed by atoms with E-state index in [0.29, 0.717) is 5.69 Å². The monoisotopic (exact) mass is 358 g/mol. The summed E-state index contributed by atoms with van der Waals surface area (Å²) >= 11 is 3.36. The number of carbonyl (C=O) groups excluding carboxylic acids is 1. The molecule has 1 aliphatic heterocycles. The van der Waals surface area contributed by atoms with Gasteiger partial charge in [0.25, 0.3) is 5.91 Å². The Labute approximate surface area is 139 Å². The summed E-state index contributed by atoms with van der Waals surface area (Å²) in [5.74, 6) is 0.0224. The van der Waals surface area contributed by atoms with Crippen molar-refractivity contribution in [1.82, 2.24) is 9.88 Å². The summed E-state index contributed by atoms with van der Waals surface area (Å²) in [5.41, 5.74) is 4.24. The van der Waals surface area contributed by atoms with Gasteiger partial charge in [-0.2, -0.15) is 0 Å². The SMILES string of the molecule is Cc1cc(C)cc(C2CCCN2C(=O)c2ccc(Br)cn2)c1. The number of aromatic nitrogens is 1. The Balaban J connectivity index is 1.89. The van der Waals surface area contributed by atoms with Crippen LogP contribution in [-0.4, -0.2) is 22.3 Å². The smallest absolute Gasteiger partial charge is 0.272 e. The van der Waals surface area contributed by atoms with Crippen molar-refractivity contribution in [3.63, 3.8) is 0 Å². The lowest BCUT2D eigenvalue weighted by atomic mass is 9.99. The molecule has 1 atom stereocenters. The molecule has 1 aliphatic rings. The predicted molar refractivity (Wildman–Crippen MR) is 90.9 cm³/mol. The van der Waals surface area contributed by atoms with Crippen LogP contribution in [0, 0.1) is 13.8 Å². The molecule has 22 heavy (non-hydrogen) atoms. The minimum absolute atomic E-state index is 0.0224. The molecular weight excluding hydrogens is 340 g/mol. The van der Waals surface area contributed by atoms with E-state index < -0.39 is 0 Å². The number of carbonyl (C=O) groups is 1. The third kappa shape index (κ3) is 3.07. The van der Waals surface area contributed by atoms with Crippen LogP contribution in [0.4, 0.5) is 0 Å². The number of hydrogen-bond donors (Lipinski definition) is 0. The average Bonchev–Trinajstić information content (AvgIpc) is 2.95. The van der Waals surface area contributed by atoms with E-state index in [2.05, 4.69) is 53.0 Å². The lowest BCUT2D eigenvalue weighted by Gasteiger charge is -2.25. The van der Waals surface area contributed by atoms with Gasteiger partial charge >= 0.3 is 0 Å². The fourth-order valence-corrected chi connectivity index (χ4v) is 3.44. The van der Waals surface area contributed by atoms with Crippen molar-refractivity contribution < 1.29 is 4.79 Å². The van der Waals surface area contributed by atoms with Gasteiger partial charge in [-0.3, -0.25) is 4.79 Å². The minimum atomic E-state index is 0.0224. The molecule has 1 aromatic heterocycles. The molecule has 0 N–H and O–H groups in total. The Morgan fingerprint density at radius 1 is 1.23 bits per heavy atom. The molecule has 1 fully saturated rings. The van der Waals surface area contributed by atoms with Crippen LogP contribution in [0.2, 0.25) is 0 Å². The second-order valence-electron chi connectivity index (χ2n) is 5.94. The lowest BCUT2D eigenvalue weighted by molar-refractivity contribution is 0.0729. The molecular formula is C18H19BrN2O. The van der Waals surface area contributed by atoms with Crippen LogP contribution >= 0.6 is 15.9 Å². The maximum Gasteiger partial charge on any atom is 0.272 e. The maximum atomic E-state index is 12.8. The molecule has 0 bridgehead atoms. The fraction of sp³-hybridized carbons (Fsp3) is 0.333. The number of nitrogens with zero attached hydrogens (tertiary/aromatic N) is 2. The highest BCUT2D eigenvalue weighted by atomic mass is 79.9. The normalized spacial score (nSPS) is 17.8. The van der Waals surface area contributed by atoms with Crippen LogP contribution in [0.1, 0.15) is 46.1 Å². The molecule has 3 rings (SSSR count). The van der Waals surface area contributed by atoms with Crippen LogP contribution in [0.5, 0.6) is 0 Å². The van der Waals surface area contributed by atoms with Gasteiger partial charge in [0, 0.05) is 17.2 Å². The number of likely N-dealkylation sites (tertiary alicyclic amines) is 1. The van der Waals surface area contributed by atoms with Gasteiger partial charge in [0.05, 0.1) is 6.04 Å². The molecule has 4 heteroatoms. The van der Waals surface area contributed by atoms with Crippen molar-refractivity contribution >= 4 is 21.8 Å². The highest BCUT2D eigenvalue weighted by Crippen LogP contribution is 2.33. The Kier molecular flexibility index (Phi) is 4.30. The molecule has 2 aromatic rings.